The predicted octanol–water partition coefficient (Wildman–Crippen LogP) is 3.32. The van der Waals surface area contributed by atoms with Gasteiger partial charge in [0.1, 0.15) is 0 Å². The molecule has 0 aromatic heterocycles. The number of aryl methyl sites for hydroxylation is 1. The van der Waals surface area contributed by atoms with E-state index in [2.05, 4.69) is 6.58 Å². The summed E-state index contributed by atoms with van der Waals surface area (Å²) in [5.41, 5.74) is 2.84. The minimum absolute atomic E-state index is 0.00307. The lowest BCUT2D eigenvalue weighted by Gasteiger charge is -2.16. The zero-order valence-corrected chi connectivity index (χ0v) is 15.3. The highest BCUT2D eigenvalue weighted by Gasteiger charge is 2.34. The highest BCUT2D eigenvalue weighted by Crippen LogP contribution is 2.30. The van der Waals surface area contributed by atoms with Crippen molar-refractivity contribution in [2.75, 3.05) is 13.1 Å². The summed E-state index contributed by atoms with van der Waals surface area (Å²) in [4.78, 5) is 10.6. The van der Waals surface area contributed by atoms with Crippen molar-refractivity contribution in [2.24, 2.45) is 5.92 Å². The molecule has 0 amide bonds. The number of nitro groups is 1. The normalized spacial score (nSPS) is 18.2. The molecule has 1 aliphatic rings. The second kappa shape index (κ2) is 7.01. The van der Waals surface area contributed by atoms with Gasteiger partial charge in [0.2, 0.25) is 10.0 Å². The highest BCUT2D eigenvalue weighted by molar-refractivity contribution is 7.89. The molecule has 1 aliphatic heterocycles. The Hall–Kier alpha value is -2.51. The Morgan fingerprint density at radius 1 is 1.15 bits per heavy atom. The number of rotatable bonds is 5. The Morgan fingerprint density at radius 2 is 1.77 bits per heavy atom. The van der Waals surface area contributed by atoms with Gasteiger partial charge in [0.25, 0.3) is 5.69 Å². The molecule has 136 valence electrons. The highest BCUT2D eigenvalue weighted by atomic mass is 32.2. The maximum absolute atomic E-state index is 12.8. The first-order valence-corrected chi connectivity index (χ1v) is 9.69. The van der Waals surface area contributed by atoms with Crippen molar-refractivity contribution in [1.29, 1.82) is 0 Å². The molecular weight excluding hydrogens is 352 g/mol. The molecule has 1 saturated heterocycles. The van der Waals surface area contributed by atoms with Gasteiger partial charge >= 0.3 is 0 Å². The third-order valence-corrected chi connectivity index (χ3v) is 6.49. The average Bonchev–Trinajstić information content (AvgIpc) is 2.97. The van der Waals surface area contributed by atoms with Gasteiger partial charge in [-0.1, -0.05) is 42.0 Å². The lowest BCUT2D eigenvalue weighted by molar-refractivity contribution is -0.384. The van der Waals surface area contributed by atoms with Crippen molar-refractivity contribution >= 4 is 15.7 Å². The molecule has 2 aromatic rings. The van der Waals surface area contributed by atoms with Crippen LogP contribution in [-0.4, -0.2) is 30.7 Å². The van der Waals surface area contributed by atoms with Gasteiger partial charge < -0.3 is 0 Å². The van der Waals surface area contributed by atoms with E-state index in [0.29, 0.717) is 19.5 Å². The van der Waals surface area contributed by atoms with Crippen molar-refractivity contribution in [1.82, 2.24) is 4.31 Å². The fourth-order valence-corrected chi connectivity index (χ4v) is 4.57. The van der Waals surface area contributed by atoms with Gasteiger partial charge in [-0.2, -0.15) is 4.31 Å². The Bertz CT molecular complexity index is 935. The van der Waals surface area contributed by atoms with E-state index in [4.69, 9.17) is 0 Å². The molecule has 0 saturated carbocycles. The third kappa shape index (κ3) is 3.68. The van der Waals surface area contributed by atoms with Gasteiger partial charge in [-0.05, 0) is 37.0 Å². The van der Waals surface area contributed by atoms with E-state index in [1.807, 2.05) is 6.92 Å². The number of nitro benzene ring substituents is 1. The lowest BCUT2D eigenvalue weighted by atomic mass is 9.95. The second-order valence-electron chi connectivity index (χ2n) is 6.59. The van der Waals surface area contributed by atoms with Crippen LogP contribution in [0.3, 0.4) is 0 Å². The molecule has 26 heavy (non-hydrogen) atoms. The fraction of sp³-hybridized carbons (Fsp3) is 0.263. The SMILES string of the molecule is C=C1CN(S(=O)(=O)c2ccc(C)cc2)CC1Cc1ccc([N+](=O)[O-])cc1. The summed E-state index contributed by atoms with van der Waals surface area (Å²) in [7, 11) is -3.55. The number of benzene rings is 2. The smallest absolute Gasteiger partial charge is 0.258 e. The molecule has 1 fully saturated rings. The van der Waals surface area contributed by atoms with Crippen LogP contribution in [-0.2, 0) is 16.4 Å². The van der Waals surface area contributed by atoms with Gasteiger partial charge in [-0.15, -0.1) is 0 Å². The molecule has 1 unspecified atom stereocenters. The van der Waals surface area contributed by atoms with Crippen LogP contribution in [0.1, 0.15) is 11.1 Å². The average molecular weight is 372 g/mol. The Kier molecular flexibility index (Phi) is 4.93. The number of nitrogens with zero attached hydrogens (tertiary/aromatic N) is 2. The number of sulfonamides is 1. The van der Waals surface area contributed by atoms with Crippen molar-refractivity contribution in [3.05, 3.63) is 81.9 Å². The van der Waals surface area contributed by atoms with Gasteiger partial charge in [0.05, 0.1) is 9.82 Å². The van der Waals surface area contributed by atoms with Crippen LogP contribution in [0.5, 0.6) is 0 Å². The molecule has 0 radical (unpaired) electrons. The molecule has 6 nitrogen and oxygen atoms in total. The minimum Gasteiger partial charge on any atom is -0.258 e. The van der Waals surface area contributed by atoms with Crippen LogP contribution < -0.4 is 0 Å². The van der Waals surface area contributed by atoms with Crippen LogP contribution in [0, 0.1) is 23.0 Å². The van der Waals surface area contributed by atoms with E-state index >= 15 is 0 Å². The molecule has 7 heteroatoms. The van der Waals surface area contributed by atoms with Gasteiger partial charge in [0, 0.05) is 25.2 Å². The van der Waals surface area contributed by atoms with E-state index in [9.17, 15) is 18.5 Å². The van der Waals surface area contributed by atoms with E-state index < -0.39 is 14.9 Å². The Balaban J connectivity index is 1.74. The summed E-state index contributed by atoms with van der Waals surface area (Å²) in [5.74, 6) is -0.00307. The number of non-ortho nitro benzene ring substituents is 1. The summed E-state index contributed by atoms with van der Waals surface area (Å²) < 4.78 is 27.1. The molecule has 0 spiro atoms. The monoisotopic (exact) mass is 372 g/mol. The molecule has 0 N–H and O–H groups in total. The van der Waals surface area contributed by atoms with Crippen molar-refractivity contribution in [2.45, 2.75) is 18.2 Å². The van der Waals surface area contributed by atoms with E-state index in [0.717, 1.165) is 16.7 Å². The number of hydrogen-bond donors (Lipinski definition) is 0. The molecule has 1 heterocycles. The van der Waals surface area contributed by atoms with Crippen molar-refractivity contribution in [3.8, 4) is 0 Å². The largest absolute Gasteiger partial charge is 0.269 e. The summed E-state index contributed by atoms with van der Waals surface area (Å²) in [6, 6.07) is 13.2. The molecule has 0 bridgehead atoms. The lowest BCUT2D eigenvalue weighted by Crippen LogP contribution is -2.29. The molecule has 2 aromatic carbocycles. The van der Waals surface area contributed by atoms with Crippen LogP contribution in [0.4, 0.5) is 5.69 Å². The molecule has 1 atom stereocenters. The van der Waals surface area contributed by atoms with Crippen molar-refractivity contribution < 1.29 is 13.3 Å². The van der Waals surface area contributed by atoms with Crippen LogP contribution in [0.2, 0.25) is 0 Å². The second-order valence-corrected chi connectivity index (χ2v) is 8.53. The van der Waals surface area contributed by atoms with E-state index in [-0.39, 0.29) is 16.5 Å². The van der Waals surface area contributed by atoms with Crippen molar-refractivity contribution in [3.63, 3.8) is 0 Å². The Morgan fingerprint density at radius 3 is 2.35 bits per heavy atom. The quantitative estimate of drug-likeness (QED) is 0.458. The van der Waals surface area contributed by atoms with Crippen LogP contribution >= 0.6 is 0 Å². The summed E-state index contributed by atoms with van der Waals surface area (Å²) in [6.45, 7) is 6.61. The Labute approximate surface area is 153 Å². The van der Waals surface area contributed by atoms with E-state index in [1.54, 1.807) is 36.4 Å². The van der Waals surface area contributed by atoms with Crippen LogP contribution in [0.15, 0.2) is 65.6 Å². The fourth-order valence-electron chi connectivity index (χ4n) is 3.08. The topological polar surface area (TPSA) is 80.5 Å². The molecular formula is C19H20N2O4S. The molecule has 0 aliphatic carbocycles. The molecule has 3 rings (SSSR count). The standard InChI is InChI=1S/C19H20N2O4S/c1-14-3-9-19(10-4-14)26(24,25)20-12-15(2)17(13-20)11-16-5-7-18(8-6-16)21(22)23/h3-10,17H,2,11-13H2,1H3. The minimum atomic E-state index is -3.55. The summed E-state index contributed by atoms with van der Waals surface area (Å²) in [5, 5.41) is 10.7. The zero-order valence-electron chi connectivity index (χ0n) is 14.5. The van der Waals surface area contributed by atoms with Crippen LogP contribution in [0.25, 0.3) is 0 Å². The first kappa shape index (κ1) is 18.3. The van der Waals surface area contributed by atoms with E-state index in [1.165, 1.54) is 16.4 Å². The maximum Gasteiger partial charge on any atom is 0.269 e. The zero-order chi connectivity index (χ0) is 18.9. The van der Waals surface area contributed by atoms with Gasteiger partial charge in [0.15, 0.2) is 0 Å². The van der Waals surface area contributed by atoms with Gasteiger partial charge in [-0.3, -0.25) is 10.1 Å². The summed E-state index contributed by atoms with van der Waals surface area (Å²) >= 11 is 0. The predicted molar refractivity (Wildman–Crippen MR) is 99.4 cm³/mol. The first-order chi connectivity index (χ1) is 12.3. The van der Waals surface area contributed by atoms with Gasteiger partial charge in [-0.25, -0.2) is 8.42 Å². The maximum atomic E-state index is 12.8. The number of hydrogen-bond acceptors (Lipinski definition) is 4. The first-order valence-electron chi connectivity index (χ1n) is 8.25. The third-order valence-electron chi connectivity index (χ3n) is 4.67. The summed E-state index contributed by atoms with van der Waals surface area (Å²) in [6.07, 6.45) is 0.608.